The predicted octanol–water partition coefficient (Wildman–Crippen LogP) is 3.48. The fraction of sp³-hybridized carbons (Fsp3) is 0.452. The number of carbonyl (C=O) groups excluding carboxylic acids is 2. The van der Waals surface area contributed by atoms with Crippen molar-refractivity contribution in [3.8, 4) is 10.4 Å². The number of nitrogens with two attached hydrogens (primary N) is 1. The van der Waals surface area contributed by atoms with E-state index in [9.17, 15) is 23.1 Å². The number of aliphatic hydroxyl groups is 1. The first-order valence-electron chi connectivity index (χ1n) is 14.7. The molecule has 2 aromatic carbocycles. The van der Waals surface area contributed by atoms with Crippen molar-refractivity contribution in [2.75, 3.05) is 25.5 Å². The molecule has 11 nitrogen and oxygen atoms in total. The number of primary amides is 1. The molecule has 4 rings (SSSR count). The first-order valence-corrected chi connectivity index (χ1v) is 17.0. The zero-order chi connectivity index (χ0) is 32.1. The van der Waals surface area contributed by atoms with Crippen LogP contribution in [0.4, 0.5) is 5.13 Å². The van der Waals surface area contributed by atoms with Crippen LogP contribution >= 0.6 is 11.3 Å². The first kappa shape index (κ1) is 33.5. The number of thiazole rings is 1. The molecule has 2 atom stereocenters. The molecule has 3 aromatic rings. The van der Waals surface area contributed by atoms with Crippen molar-refractivity contribution >= 4 is 38.3 Å². The van der Waals surface area contributed by atoms with Crippen molar-refractivity contribution in [2.24, 2.45) is 11.7 Å². The van der Waals surface area contributed by atoms with Crippen molar-refractivity contribution in [1.29, 1.82) is 0 Å². The monoisotopic (exact) mass is 642 g/mol. The fourth-order valence-electron chi connectivity index (χ4n) is 5.28. The molecule has 44 heavy (non-hydrogen) atoms. The third-order valence-corrected chi connectivity index (χ3v) is 10.4. The van der Waals surface area contributed by atoms with Gasteiger partial charge in [0.2, 0.25) is 21.8 Å². The largest absolute Gasteiger partial charge is 0.373 e. The second kappa shape index (κ2) is 14.2. The van der Waals surface area contributed by atoms with Gasteiger partial charge in [0.15, 0.2) is 5.13 Å². The van der Waals surface area contributed by atoms with Gasteiger partial charge in [0.25, 0.3) is 0 Å². The molecule has 13 heteroatoms. The molecule has 0 spiro atoms. The highest BCUT2D eigenvalue weighted by Crippen LogP contribution is 2.37. The lowest BCUT2D eigenvalue weighted by atomic mass is 9.86. The zero-order valence-electron chi connectivity index (χ0n) is 25.5. The number of sulfonamides is 1. The number of anilines is 1. The summed E-state index contributed by atoms with van der Waals surface area (Å²) in [6.45, 7) is 6.47. The van der Waals surface area contributed by atoms with Crippen LogP contribution in [0.1, 0.15) is 74.3 Å². The van der Waals surface area contributed by atoms with Crippen LogP contribution < -0.4 is 26.4 Å². The van der Waals surface area contributed by atoms with Gasteiger partial charge in [0, 0.05) is 25.7 Å². The van der Waals surface area contributed by atoms with Gasteiger partial charge in [-0.15, -0.1) is 0 Å². The van der Waals surface area contributed by atoms with E-state index in [4.69, 9.17) is 5.73 Å². The molecule has 0 bridgehead atoms. The summed E-state index contributed by atoms with van der Waals surface area (Å²) in [7, 11) is -2.08. The lowest BCUT2D eigenvalue weighted by Gasteiger charge is -2.26. The minimum Gasteiger partial charge on any atom is -0.373 e. The molecule has 1 aliphatic rings. The minimum absolute atomic E-state index is 0.00552. The van der Waals surface area contributed by atoms with Crippen LogP contribution in [-0.2, 0) is 20.2 Å². The summed E-state index contributed by atoms with van der Waals surface area (Å²) >= 11 is 1.43. The number of aliphatic hydroxyl groups excluding tert-OH is 1. The maximum Gasteiger partial charge on any atom is 0.248 e. The van der Waals surface area contributed by atoms with Crippen LogP contribution in [-0.4, -0.2) is 56.5 Å². The molecule has 238 valence electrons. The molecule has 7 N–H and O–H groups in total. The molecule has 0 saturated heterocycles. The third kappa shape index (κ3) is 8.21. The van der Waals surface area contributed by atoms with E-state index in [1.807, 2.05) is 12.1 Å². The van der Waals surface area contributed by atoms with E-state index in [2.05, 4.69) is 58.6 Å². The van der Waals surface area contributed by atoms with Crippen molar-refractivity contribution in [1.82, 2.24) is 20.3 Å². The summed E-state index contributed by atoms with van der Waals surface area (Å²) in [5.41, 5.74) is 7.99. The highest BCUT2D eigenvalue weighted by Gasteiger charge is 2.33. The molecule has 1 fully saturated rings. The van der Waals surface area contributed by atoms with Crippen LogP contribution in [0, 0.1) is 5.92 Å². The Labute approximate surface area is 263 Å². The van der Waals surface area contributed by atoms with E-state index in [-0.39, 0.29) is 40.8 Å². The van der Waals surface area contributed by atoms with Gasteiger partial charge < -0.3 is 21.5 Å². The number of carbonyl (C=O) groups is 2. The second-order valence-corrected chi connectivity index (χ2v) is 14.7. The number of hydrogen-bond donors (Lipinski definition) is 6. The van der Waals surface area contributed by atoms with Gasteiger partial charge >= 0.3 is 0 Å². The zero-order valence-corrected chi connectivity index (χ0v) is 27.1. The van der Waals surface area contributed by atoms with Gasteiger partial charge in [-0.05, 0) is 59.6 Å². The Kier molecular flexibility index (Phi) is 10.8. The van der Waals surface area contributed by atoms with Crippen molar-refractivity contribution in [2.45, 2.75) is 69.0 Å². The van der Waals surface area contributed by atoms with Crippen molar-refractivity contribution < 1.29 is 23.1 Å². The summed E-state index contributed by atoms with van der Waals surface area (Å²) in [5, 5.41) is 21.1. The van der Waals surface area contributed by atoms with Gasteiger partial charge in [-0.3, -0.25) is 14.9 Å². The second-order valence-electron chi connectivity index (χ2n) is 12.0. The van der Waals surface area contributed by atoms with E-state index in [0.29, 0.717) is 10.8 Å². The van der Waals surface area contributed by atoms with E-state index in [1.54, 1.807) is 7.05 Å². The Morgan fingerprint density at radius 1 is 1.05 bits per heavy atom. The van der Waals surface area contributed by atoms with Gasteiger partial charge in [0.05, 0.1) is 15.8 Å². The average Bonchev–Trinajstić information content (AvgIpc) is 3.68. The topological polar surface area (TPSA) is 176 Å². The van der Waals surface area contributed by atoms with Crippen LogP contribution in [0.3, 0.4) is 0 Å². The van der Waals surface area contributed by atoms with Gasteiger partial charge in [0.1, 0.15) is 11.9 Å². The average molecular weight is 643 g/mol. The number of aromatic nitrogens is 1. The predicted molar refractivity (Wildman–Crippen MR) is 173 cm³/mol. The maximum atomic E-state index is 13.4. The number of rotatable bonds is 13. The summed E-state index contributed by atoms with van der Waals surface area (Å²) in [4.78, 5) is 30.1. The fourth-order valence-corrected chi connectivity index (χ4v) is 7.27. The quantitative estimate of drug-likeness (QED) is 0.121. The van der Waals surface area contributed by atoms with Crippen molar-refractivity contribution in [3.05, 3.63) is 65.4 Å². The molecule has 2 amide bonds. The highest BCUT2D eigenvalue weighted by molar-refractivity contribution is 7.89. The van der Waals surface area contributed by atoms with Gasteiger partial charge in [-0.1, -0.05) is 69.2 Å². The lowest BCUT2D eigenvalue weighted by Crippen LogP contribution is -2.50. The normalized spacial score (nSPS) is 15.6. The molecular weight excluding hydrogens is 601 g/mol. The minimum atomic E-state index is -3.86. The number of nitrogens with zero attached hydrogens (tertiary/aromatic N) is 1. The smallest absolute Gasteiger partial charge is 0.248 e. The van der Waals surface area contributed by atoms with E-state index in [0.717, 1.165) is 36.1 Å². The molecule has 1 heterocycles. The molecule has 1 unspecified atom stereocenters. The molecular formula is C31H42N6O5S2. The van der Waals surface area contributed by atoms with E-state index < -0.39 is 28.2 Å². The number of hydrogen-bond acceptors (Lipinski definition) is 9. The van der Waals surface area contributed by atoms with Crippen LogP contribution in [0.2, 0.25) is 0 Å². The maximum absolute atomic E-state index is 13.4. The number of benzene rings is 2. The Morgan fingerprint density at radius 2 is 1.68 bits per heavy atom. The molecule has 1 aliphatic carbocycles. The molecule has 1 aromatic heterocycles. The third-order valence-electron chi connectivity index (χ3n) is 7.80. The summed E-state index contributed by atoms with van der Waals surface area (Å²) in [6.07, 6.45) is 2.46. The van der Waals surface area contributed by atoms with Crippen LogP contribution in [0.5, 0.6) is 0 Å². The van der Waals surface area contributed by atoms with Gasteiger partial charge in [-0.2, -0.15) is 0 Å². The SMILES string of the molecule is CNc1nc(C(O)N[C@@H](C(=O)NCCNS(=O)(=O)c2ccc(C(N)=O)cc2)C2CCCC2)c(-c2ccc(C(C)(C)C)cc2)s1. The van der Waals surface area contributed by atoms with Crippen molar-refractivity contribution in [3.63, 3.8) is 0 Å². The van der Waals surface area contributed by atoms with E-state index in [1.165, 1.54) is 41.2 Å². The summed E-state index contributed by atoms with van der Waals surface area (Å²) in [5.74, 6) is -0.952. The molecule has 0 aliphatic heterocycles. The Balaban J connectivity index is 1.43. The summed E-state index contributed by atoms with van der Waals surface area (Å²) in [6, 6.07) is 12.8. The number of nitrogens with one attached hydrogen (secondary N) is 4. The Bertz CT molecular complexity index is 1540. The van der Waals surface area contributed by atoms with Crippen LogP contribution in [0.25, 0.3) is 10.4 Å². The Hall–Kier alpha value is -3.36. The lowest BCUT2D eigenvalue weighted by molar-refractivity contribution is -0.125. The Morgan fingerprint density at radius 3 is 2.25 bits per heavy atom. The highest BCUT2D eigenvalue weighted by atomic mass is 32.2. The van der Waals surface area contributed by atoms with Crippen LogP contribution in [0.15, 0.2) is 53.4 Å². The molecule has 0 radical (unpaired) electrons. The van der Waals surface area contributed by atoms with Gasteiger partial charge in [-0.25, -0.2) is 18.1 Å². The van der Waals surface area contributed by atoms with E-state index >= 15 is 0 Å². The number of amides is 2. The first-order chi connectivity index (χ1) is 20.8. The standard InChI is InChI=1S/C31H42N6O5S2/c1-31(2,3)22-13-9-20(10-14-22)26-25(37-30(33-4)43-26)29(40)36-24(19-7-5-6-8-19)28(39)34-17-18-35-44(41,42)23-15-11-21(12-16-23)27(32)38/h9-16,19,24,29,35-36,40H,5-8,17-18H2,1-4H3,(H2,32,38)(H,33,37)(H,34,39)/t24-,29?/m1/s1. The molecule has 1 saturated carbocycles. The summed E-state index contributed by atoms with van der Waals surface area (Å²) < 4.78 is 27.8.